The second kappa shape index (κ2) is 20.3. The summed E-state index contributed by atoms with van der Waals surface area (Å²) in [6.45, 7) is 0. The first-order chi connectivity index (χ1) is 0. The second-order valence-corrected chi connectivity index (χ2v) is 0. The molecule has 0 rings (SSSR count). The van der Waals surface area contributed by atoms with E-state index >= 15 is 0 Å². The Hall–Kier alpha value is 1.94. The van der Waals surface area contributed by atoms with E-state index in [0.717, 1.165) is 0 Å². The van der Waals surface area contributed by atoms with E-state index in [1.807, 2.05) is 0 Å². The van der Waals surface area contributed by atoms with E-state index in [4.69, 9.17) is 0 Å². The maximum atomic E-state index is 0. The third-order valence-corrected chi connectivity index (χ3v) is 0. The summed E-state index contributed by atoms with van der Waals surface area (Å²) in [4.78, 5) is 0. The van der Waals surface area contributed by atoms with Crippen LogP contribution in [0.5, 0.6) is 0 Å². The summed E-state index contributed by atoms with van der Waals surface area (Å²) < 4.78 is 0. The van der Waals surface area contributed by atoms with Gasteiger partial charge in [0.15, 0.2) is 0 Å². The third kappa shape index (κ3) is 9.05. The first kappa shape index (κ1) is 38.4. The molecule has 0 amide bonds. The molecular formula is FeMnMoSi. The fourth-order valence-corrected chi connectivity index (χ4v) is 0. The standard InChI is InChI=1S/Fe.Mn.Mo.Si. The molecule has 0 aliphatic carbocycles. The van der Waals surface area contributed by atoms with E-state index in [-0.39, 0.29) is 66.2 Å². The van der Waals surface area contributed by atoms with E-state index in [9.17, 15) is 0 Å². The molecule has 5 radical (unpaired) electrons. The van der Waals surface area contributed by atoms with Crippen molar-refractivity contribution < 1.29 is 55.2 Å². The van der Waals surface area contributed by atoms with Gasteiger partial charge >= 0.3 is 0 Å². The van der Waals surface area contributed by atoms with Crippen molar-refractivity contribution in [1.29, 1.82) is 0 Å². The maximum absolute atomic E-state index is 0. The average Bonchev–Trinajstić information content (AvgIpc) is 0. The summed E-state index contributed by atoms with van der Waals surface area (Å²) in [6, 6.07) is 0. The molecule has 0 heterocycles. The van der Waals surface area contributed by atoms with Gasteiger partial charge in [-0.25, -0.2) is 0 Å². The molecule has 0 fully saturated rings. The van der Waals surface area contributed by atoms with Crippen molar-refractivity contribution in [3.8, 4) is 0 Å². The van der Waals surface area contributed by atoms with Crippen LogP contribution in [-0.4, -0.2) is 11.0 Å². The molecule has 4 heteroatoms. The van der Waals surface area contributed by atoms with Gasteiger partial charge in [0.25, 0.3) is 0 Å². The van der Waals surface area contributed by atoms with Crippen LogP contribution in [-0.2, 0) is 55.2 Å². The Morgan fingerprint density at radius 1 is 1.00 bits per heavy atom. The molecule has 4 heavy (non-hydrogen) atoms. The van der Waals surface area contributed by atoms with Gasteiger partial charge in [0, 0.05) is 66.2 Å². The minimum atomic E-state index is 0. The molecule has 25 valence electrons. The van der Waals surface area contributed by atoms with E-state index < -0.39 is 0 Å². The van der Waals surface area contributed by atoms with Gasteiger partial charge in [0.1, 0.15) is 0 Å². The Kier molecular flexibility index (Phi) is 196. The molecule has 0 atom stereocenters. The molecule has 0 aliphatic heterocycles. The van der Waals surface area contributed by atoms with E-state index in [1.54, 1.807) is 0 Å². The second-order valence-electron chi connectivity index (χ2n) is 0. The first-order valence-electron chi connectivity index (χ1n) is 0. The van der Waals surface area contributed by atoms with Gasteiger partial charge in [-0.1, -0.05) is 0 Å². The molecule has 0 saturated heterocycles. The van der Waals surface area contributed by atoms with Gasteiger partial charge in [-0.3, -0.25) is 0 Å². The van der Waals surface area contributed by atoms with Crippen LogP contribution in [0.4, 0.5) is 0 Å². The van der Waals surface area contributed by atoms with Gasteiger partial charge in [-0.05, 0) is 0 Å². The molecule has 0 aliphatic rings. The molecule has 0 nitrogen and oxygen atoms in total. The van der Waals surface area contributed by atoms with Crippen molar-refractivity contribution >= 4 is 11.0 Å². The zero-order valence-electron chi connectivity index (χ0n) is 1.64. The van der Waals surface area contributed by atoms with Crippen LogP contribution in [0, 0.1) is 0 Å². The Morgan fingerprint density at radius 2 is 1.00 bits per heavy atom. The van der Waals surface area contributed by atoms with Crippen molar-refractivity contribution in [3.63, 3.8) is 0 Å². The van der Waals surface area contributed by atoms with Gasteiger partial charge in [-0.2, -0.15) is 0 Å². The molecule has 0 saturated carbocycles. The molecule has 0 N–H and O–H groups in total. The molecule has 0 spiro atoms. The smallest absolute Gasteiger partial charge is 0 e. The Balaban J connectivity index is 0. The van der Waals surface area contributed by atoms with Crippen LogP contribution in [0.1, 0.15) is 0 Å². The van der Waals surface area contributed by atoms with E-state index in [2.05, 4.69) is 0 Å². The largest absolute Gasteiger partial charge is 0 e. The fraction of sp³-hybridized carbons (Fsp3) is 0. The van der Waals surface area contributed by atoms with Gasteiger partial charge in [-0.15, -0.1) is 0 Å². The summed E-state index contributed by atoms with van der Waals surface area (Å²) >= 11 is 0. The van der Waals surface area contributed by atoms with Crippen LogP contribution >= 0.6 is 0 Å². The molecular weight excluding hydrogens is 235 g/mol. The Morgan fingerprint density at radius 3 is 1.00 bits per heavy atom. The van der Waals surface area contributed by atoms with Crippen LogP contribution in [0.2, 0.25) is 0 Å². The molecule has 0 aromatic carbocycles. The number of rotatable bonds is 0. The minimum Gasteiger partial charge on any atom is 0 e. The number of hydrogen-bond acceptors (Lipinski definition) is 0. The van der Waals surface area contributed by atoms with Crippen molar-refractivity contribution in [2.75, 3.05) is 0 Å². The Labute approximate surface area is 65.7 Å². The zero-order valence-corrected chi connectivity index (χ0v) is 6.93. The molecule has 0 aromatic heterocycles. The topological polar surface area (TPSA) is 0 Å². The quantitative estimate of drug-likeness (QED) is 0.501. The van der Waals surface area contributed by atoms with Crippen LogP contribution in [0.3, 0.4) is 0 Å². The van der Waals surface area contributed by atoms with Crippen molar-refractivity contribution in [2.24, 2.45) is 0 Å². The summed E-state index contributed by atoms with van der Waals surface area (Å²) in [5.74, 6) is 0. The first-order valence-corrected chi connectivity index (χ1v) is 0. The van der Waals surface area contributed by atoms with Crippen LogP contribution < -0.4 is 0 Å². The number of hydrogen-bond donors (Lipinski definition) is 0. The van der Waals surface area contributed by atoms with Crippen LogP contribution in [0.15, 0.2) is 0 Å². The van der Waals surface area contributed by atoms with Crippen molar-refractivity contribution in [2.45, 2.75) is 0 Å². The summed E-state index contributed by atoms with van der Waals surface area (Å²) in [5.41, 5.74) is 0. The predicted molar refractivity (Wildman–Crippen MR) is 5.75 cm³/mol. The monoisotopic (exact) mass is 237 g/mol. The molecule has 0 unspecified atom stereocenters. The molecule has 0 bridgehead atoms. The van der Waals surface area contributed by atoms with Crippen molar-refractivity contribution in [3.05, 3.63) is 0 Å². The Bertz CT molecular complexity index is 8.00. The minimum absolute atomic E-state index is 0. The summed E-state index contributed by atoms with van der Waals surface area (Å²) in [7, 11) is 0. The van der Waals surface area contributed by atoms with Gasteiger partial charge < -0.3 is 0 Å². The average molecular weight is 235 g/mol. The summed E-state index contributed by atoms with van der Waals surface area (Å²) in [6.07, 6.45) is 0. The van der Waals surface area contributed by atoms with E-state index in [1.165, 1.54) is 0 Å². The normalized spacial score (nSPS) is 0. The third-order valence-electron chi connectivity index (χ3n) is 0. The zero-order chi connectivity index (χ0) is 0. The summed E-state index contributed by atoms with van der Waals surface area (Å²) in [5, 5.41) is 0. The van der Waals surface area contributed by atoms with Gasteiger partial charge in [0.2, 0.25) is 0 Å². The van der Waals surface area contributed by atoms with Crippen molar-refractivity contribution in [1.82, 2.24) is 0 Å². The fourth-order valence-electron chi connectivity index (χ4n) is 0. The maximum Gasteiger partial charge on any atom is 0 e. The van der Waals surface area contributed by atoms with Gasteiger partial charge in [0.05, 0.1) is 0 Å². The predicted octanol–water partition coefficient (Wildman–Crippen LogP) is -0.388. The van der Waals surface area contributed by atoms with Crippen LogP contribution in [0.25, 0.3) is 0 Å². The van der Waals surface area contributed by atoms with E-state index in [0.29, 0.717) is 0 Å². The SMILES string of the molecule is [Fe].[Mn].[Mo].[Si]. The molecule has 0 aromatic rings.